The molecule has 0 atom stereocenters. The van der Waals surface area contributed by atoms with Crippen LogP contribution in [0.5, 0.6) is 11.5 Å². The number of nitrogens with zero attached hydrogens (tertiary/aromatic N) is 4. The van der Waals surface area contributed by atoms with Crippen molar-refractivity contribution in [3.8, 4) is 50.7 Å². The van der Waals surface area contributed by atoms with Crippen molar-refractivity contribution < 1.29 is 23.7 Å². The van der Waals surface area contributed by atoms with Gasteiger partial charge in [0.1, 0.15) is 47.3 Å². The minimum atomic E-state index is -0.958. The Morgan fingerprint density at radius 3 is 1.72 bits per heavy atom. The van der Waals surface area contributed by atoms with Gasteiger partial charge in [0.15, 0.2) is 0 Å². The number of hydrogen-bond donors (Lipinski definition) is 0. The number of rotatable bonds is 9. The first-order valence-electron chi connectivity index (χ1n) is 25.4. The lowest BCUT2D eigenvalue weighted by molar-refractivity contribution is 0.483. The molecule has 3 heterocycles. The van der Waals surface area contributed by atoms with Crippen molar-refractivity contribution in [2.45, 2.75) is 72.1 Å². The molecule has 11 rings (SSSR count). The highest BCUT2D eigenvalue weighted by Crippen LogP contribution is 2.52. The van der Waals surface area contributed by atoms with E-state index in [2.05, 4.69) is 72.7 Å². The molecule has 1 aliphatic rings. The molecule has 5 nitrogen and oxygen atoms in total. The molecule has 0 saturated carbocycles. The highest BCUT2D eigenvalue weighted by Gasteiger charge is 2.34. The zero-order chi connectivity index (χ0) is 52.7. The second-order valence-electron chi connectivity index (χ2n) is 21.5. The van der Waals surface area contributed by atoms with E-state index in [-0.39, 0.29) is 23.2 Å². The Morgan fingerprint density at radius 1 is 0.514 bits per heavy atom. The van der Waals surface area contributed by atoms with Crippen LogP contribution in [0.3, 0.4) is 0 Å². The number of benzene rings is 8. The number of ether oxygens (including phenoxy) is 1. The van der Waals surface area contributed by atoms with Gasteiger partial charge < -0.3 is 14.5 Å². The molecule has 2 aromatic heterocycles. The molecule has 0 amide bonds. The number of anilines is 4. The van der Waals surface area contributed by atoms with Gasteiger partial charge in [0.25, 0.3) is 0 Å². The van der Waals surface area contributed by atoms with Crippen LogP contribution in [0, 0.1) is 23.3 Å². The van der Waals surface area contributed by atoms with Crippen molar-refractivity contribution in [2.75, 3.05) is 16.5 Å². The zero-order valence-electron chi connectivity index (χ0n) is 43.7. The van der Waals surface area contributed by atoms with E-state index in [9.17, 15) is 1.37 Å². The van der Waals surface area contributed by atoms with E-state index in [4.69, 9.17) is 9.72 Å². The van der Waals surface area contributed by atoms with Gasteiger partial charge in [-0.3, -0.25) is 4.57 Å². The zero-order valence-corrected chi connectivity index (χ0v) is 42.7. The van der Waals surface area contributed by atoms with E-state index in [0.717, 1.165) is 84.6 Å². The molecule has 1 aliphatic heterocycles. The van der Waals surface area contributed by atoms with Crippen molar-refractivity contribution in [3.63, 3.8) is 0 Å². The predicted molar refractivity (Wildman–Crippen MR) is 295 cm³/mol. The van der Waals surface area contributed by atoms with E-state index in [1.807, 2.05) is 137 Å². The van der Waals surface area contributed by atoms with E-state index in [1.165, 1.54) is 24.3 Å². The van der Waals surface area contributed by atoms with Gasteiger partial charge in [-0.2, -0.15) is 0 Å². The second kappa shape index (κ2) is 18.4. The summed E-state index contributed by atoms with van der Waals surface area (Å²) in [6.45, 7) is 16.6. The number of para-hydroxylation sites is 3. The lowest BCUT2D eigenvalue weighted by Crippen LogP contribution is -2.25. The fourth-order valence-corrected chi connectivity index (χ4v) is 10.4. The van der Waals surface area contributed by atoms with Crippen molar-refractivity contribution >= 4 is 44.6 Å². The fraction of sp³-hybridized carbons (Fsp3) is 0.185. The van der Waals surface area contributed by atoms with Crippen LogP contribution in [0.25, 0.3) is 61.0 Å². The summed E-state index contributed by atoms with van der Waals surface area (Å²) in [6, 6.07) is 51.1. The summed E-state index contributed by atoms with van der Waals surface area (Å²) in [5.41, 5.74) is 10.1. The standard InChI is InChI=1S/C65H56F4N4O/c1-39(2)52-15-9-10-16-53(52)42-29-49(36-51(30-42)74-50-21-22-55-54-17-11-12-18-58(54)73(61(55)37-50)62-33-43(23-24-70-62)64(3,4)5)71-38-72(60-20-14-13-19-59(60)71)63-56(40-25-45(66)34-46(67)26-40)31-44(65(6,7)8)32-57(63)41-27-47(68)35-48(69)28-41/h9-37,39H,38H2,1-8H3/i39D. The Balaban J connectivity index is 1.11. The normalized spacial score (nSPS) is 13.2. The molecule has 0 N–H and O–H groups in total. The van der Waals surface area contributed by atoms with Crippen LogP contribution in [0.1, 0.15) is 79.3 Å². The Kier molecular flexibility index (Phi) is 11.7. The molecule has 0 aliphatic carbocycles. The lowest BCUT2D eigenvalue weighted by atomic mass is 9.82. The molecule has 370 valence electrons. The number of fused-ring (bicyclic) bond motifs is 4. The molecule has 74 heavy (non-hydrogen) atoms. The van der Waals surface area contributed by atoms with Crippen molar-refractivity contribution in [2.24, 2.45) is 0 Å². The molecule has 0 saturated heterocycles. The van der Waals surface area contributed by atoms with Gasteiger partial charge in [-0.1, -0.05) is 110 Å². The Labute approximate surface area is 431 Å². The third-order valence-corrected chi connectivity index (χ3v) is 14.0. The van der Waals surface area contributed by atoms with Gasteiger partial charge in [-0.05, 0) is 147 Å². The third-order valence-electron chi connectivity index (χ3n) is 14.0. The average Bonchev–Trinajstić information content (AvgIpc) is 3.92. The molecule has 0 radical (unpaired) electrons. The fourth-order valence-electron chi connectivity index (χ4n) is 10.4. The van der Waals surface area contributed by atoms with Crippen LogP contribution < -0.4 is 14.5 Å². The molecule has 0 unspecified atom stereocenters. The van der Waals surface area contributed by atoms with Gasteiger partial charge in [0.2, 0.25) is 0 Å². The minimum Gasteiger partial charge on any atom is -0.457 e. The smallest absolute Gasteiger partial charge is 0.137 e. The molecule has 10 aromatic rings. The van der Waals surface area contributed by atoms with Gasteiger partial charge in [0.05, 0.1) is 28.1 Å². The van der Waals surface area contributed by atoms with E-state index in [0.29, 0.717) is 28.3 Å². The maximum absolute atomic E-state index is 15.4. The number of hydrogen-bond acceptors (Lipinski definition) is 4. The summed E-state index contributed by atoms with van der Waals surface area (Å²) >= 11 is 0. The first-order valence-corrected chi connectivity index (χ1v) is 24.9. The minimum absolute atomic E-state index is 0.100. The molecular formula is C65H56F4N4O. The van der Waals surface area contributed by atoms with Crippen LogP contribution in [-0.2, 0) is 10.8 Å². The van der Waals surface area contributed by atoms with E-state index < -0.39 is 34.6 Å². The summed E-state index contributed by atoms with van der Waals surface area (Å²) in [5.74, 6) is -2.06. The number of halogens is 4. The molecule has 8 aromatic carbocycles. The first-order chi connectivity index (χ1) is 35.7. The van der Waals surface area contributed by atoms with Crippen molar-refractivity contribution in [3.05, 3.63) is 216 Å². The Hall–Kier alpha value is -8.17. The van der Waals surface area contributed by atoms with Crippen molar-refractivity contribution in [1.82, 2.24) is 9.55 Å². The van der Waals surface area contributed by atoms with Crippen LogP contribution in [0.15, 0.2) is 176 Å². The number of aromatic nitrogens is 2. The maximum atomic E-state index is 15.4. The van der Waals surface area contributed by atoms with Gasteiger partial charge >= 0.3 is 0 Å². The van der Waals surface area contributed by atoms with Gasteiger partial charge in [0, 0.05) is 59.4 Å². The Bertz CT molecular complexity index is 3770. The summed E-state index contributed by atoms with van der Waals surface area (Å²) < 4.78 is 79.9. The summed E-state index contributed by atoms with van der Waals surface area (Å²) in [5, 5.41) is 2.13. The summed E-state index contributed by atoms with van der Waals surface area (Å²) in [4.78, 5) is 9.07. The number of pyridine rings is 1. The van der Waals surface area contributed by atoms with Crippen LogP contribution in [0.2, 0.25) is 0 Å². The molecule has 9 heteroatoms. The summed E-state index contributed by atoms with van der Waals surface area (Å²) in [6.07, 6.45) is 1.86. The van der Waals surface area contributed by atoms with Crippen LogP contribution in [-0.4, -0.2) is 16.2 Å². The lowest BCUT2D eigenvalue weighted by Gasteiger charge is -2.30. The third kappa shape index (κ3) is 8.95. The van der Waals surface area contributed by atoms with E-state index >= 15 is 17.6 Å². The monoisotopic (exact) mass is 985 g/mol. The Morgan fingerprint density at radius 2 is 1.08 bits per heavy atom. The molecule has 0 spiro atoms. The maximum Gasteiger partial charge on any atom is 0.137 e. The SMILES string of the molecule is [2H]C(C)(C)c1ccccc1-c1cc(Oc2ccc3c4ccccc4n(-c4cc(C(C)(C)C)ccn4)c3c2)cc(N2CN(c3c(-c4cc(F)cc(F)c4)cc(C(C)(C)C)cc3-c3cc(F)cc(F)c3)c3ccccc32)c1. The second-order valence-corrected chi connectivity index (χ2v) is 21.5. The van der Waals surface area contributed by atoms with Crippen LogP contribution >= 0.6 is 0 Å². The average molecular weight is 986 g/mol. The van der Waals surface area contributed by atoms with Gasteiger partial charge in [-0.25, -0.2) is 22.5 Å². The van der Waals surface area contributed by atoms with Gasteiger partial charge in [-0.15, -0.1) is 0 Å². The molecular weight excluding hydrogens is 929 g/mol. The van der Waals surface area contributed by atoms with E-state index in [1.54, 1.807) is 0 Å². The molecule has 0 fully saturated rings. The highest BCUT2D eigenvalue weighted by molar-refractivity contribution is 6.09. The largest absolute Gasteiger partial charge is 0.457 e. The van der Waals surface area contributed by atoms with Crippen molar-refractivity contribution in [1.29, 1.82) is 0 Å². The molecule has 0 bridgehead atoms. The van der Waals surface area contributed by atoms with Crippen LogP contribution in [0.4, 0.5) is 40.3 Å². The predicted octanol–water partition coefficient (Wildman–Crippen LogP) is 18.5. The highest BCUT2D eigenvalue weighted by atomic mass is 19.1. The summed E-state index contributed by atoms with van der Waals surface area (Å²) in [7, 11) is 0. The topological polar surface area (TPSA) is 33.5 Å². The first kappa shape index (κ1) is 46.9. The quantitative estimate of drug-likeness (QED) is 0.135.